The Bertz CT molecular complexity index is 1180. The first-order chi connectivity index (χ1) is 16.4. The van der Waals surface area contributed by atoms with Crippen molar-refractivity contribution >= 4 is 39.2 Å². The minimum atomic E-state index is -3.87. The van der Waals surface area contributed by atoms with Gasteiger partial charge in [0.05, 0.1) is 30.2 Å². The van der Waals surface area contributed by atoms with E-state index in [1.54, 1.807) is 12.1 Å². The van der Waals surface area contributed by atoms with Crippen LogP contribution in [0.5, 0.6) is 5.88 Å². The number of nitrogens with zero attached hydrogens (tertiary/aromatic N) is 2. The average Bonchev–Trinajstić information content (AvgIpc) is 2.84. The van der Waals surface area contributed by atoms with Gasteiger partial charge in [-0.15, -0.1) is 11.8 Å². The molecule has 0 aliphatic heterocycles. The summed E-state index contributed by atoms with van der Waals surface area (Å²) in [6.45, 7) is 2.19. The van der Waals surface area contributed by atoms with Crippen molar-refractivity contribution in [2.45, 2.75) is 42.4 Å². The number of benzene rings is 2. The van der Waals surface area contributed by atoms with Crippen molar-refractivity contribution in [2.75, 3.05) is 22.9 Å². The summed E-state index contributed by atoms with van der Waals surface area (Å²) in [6, 6.07) is 14.2. The van der Waals surface area contributed by atoms with Gasteiger partial charge in [-0.05, 0) is 54.8 Å². The fourth-order valence-corrected chi connectivity index (χ4v) is 4.77. The van der Waals surface area contributed by atoms with E-state index >= 15 is 0 Å². The Morgan fingerprint density at radius 2 is 1.76 bits per heavy atom. The van der Waals surface area contributed by atoms with E-state index in [0.29, 0.717) is 5.69 Å². The first-order valence-corrected chi connectivity index (χ1v) is 13.4. The van der Waals surface area contributed by atoms with E-state index in [1.807, 2.05) is 12.1 Å². The molecule has 0 radical (unpaired) electrons. The molecule has 0 bridgehead atoms. The van der Waals surface area contributed by atoms with E-state index < -0.39 is 10.0 Å². The number of nitrogens with one attached hydrogen (secondary N) is 2. The van der Waals surface area contributed by atoms with Crippen LogP contribution < -0.4 is 14.8 Å². The van der Waals surface area contributed by atoms with Crippen molar-refractivity contribution in [1.82, 2.24) is 9.97 Å². The summed E-state index contributed by atoms with van der Waals surface area (Å²) in [6.07, 6.45) is 7.36. The summed E-state index contributed by atoms with van der Waals surface area (Å²) in [5.74, 6) is 0.324. The largest absolute Gasteiger partial charge is 0.480 e. The highest BCUT2D eigenvalue weighted by atomic mass is 32.2. The third-order valence-electron chi connectivity index (χ3n) is 4.87. The quantitative estimate of drug-likeness (QED) is 0.273. The summed E-state index contributed by atoms with van der Waals surface area (Å²) >= 11 is 1.46. The van der Waals surface area contributed by atoms with Gasteiger partial charge in [0.1, 0.15) is 0 Å². The van der Waals surface area contributed by atoms with Crippen LogP contribution in [-0.2, 0) is 21.2 Å². The number of ether oxygens (including phenoxy) is 1. The molecule has 0 atom stereocenters. The number of aryl methyl sites for hydroxylation is 1. The van der Waals surface area contributed by atoms with Crippen molar-refractivity contribution in [3.8, 4) is 5.88 Å². The lowest BCUT2D eigenvalue weighted by molar-refractivity contribution is -0.113. The Labute approximate surface area is 204 Å². The highest BCUT2D eigenvalue weighted by Gasteiger charge is 2.16. The number of aromatic nitrogens is 2. The van der Waals surface area contributed by atoms with Crippen LogP contribution in [0.15, 0.2) is 70.7 Å². The molecule has 3 aromatic rings. The zero-order chi connectivity index (χ0) is 24.4. The number of thioether (sulfide) groups is 1. The minimum absolute atomic E-state index is 0.0310. The average molecular weight is 501 g/mol. The number of hydrogen-bond acceptors (Lipinski definition) is 7. The topological polar surface area (TPSA) is 110 Å². The highest BCUT2D eigenvalue weighted by Crippen LogP contribution is 2.21. The van der Waals surface area contributed by atoms with E-state index in [9.17, 15) is 13.2 Å². The van der Waals surface area contributed by atoms with Gasteiger partial charge in [0, 0.05) is 10.6 Å². The third kappa shape index (κ3) is 7.74. The second-order valence-electron chi connectivity index (χ2n) is 7.51. The lowest BCUT2D eigenvalue weighted by atomic mass is 10.1. The van der Waals surface area contributed by atoms with Gasteiger partial charge in [-0.3, -0.25) is 14.5 Å². The van der Waals surface area contributed by atoms with E-state index in [1.165, 1.54) is 68.2 Å². The third-order valence-corrected chi connectivity index (χ3v) is 7.25. The lowest BCUT2D eigenvalue weighted by Gasteiger charge is -2.09. The molecule has 0 fully saturated rings. The summed E-state index contributed by atoms with van der Waals surface area (Å²) in [7, 11) is -2.45. The van der Waals surface area contributed by atoms with Crippen molar-refractivity contribution in [3.63, 3.8) is 0 Å². The SMILES string of the molecule is CCCCCc1ccc(SCC(=O)Nc2ccc(S(=O)(=O)Nc3cncc(OC)n3)cc2)cc1. The smallest absolute Gasteiger partial charge is 0.263 e. The summed E-state index contributed by atoms with van der Waals surface area (Å²) < 4.78 is 32.5. The van der Waals surface area contributed by atoms with Gasteiger partial charge < -0.3 is 10.1 Å². The molecule has 0 unspecified atom stereocenters. The fraction of sp³-hybridized carbons (Fsp3) is 0.292. The first-order valence-electron chi connectivity index (χ1n) is 10.9. The molecule has 1 amide bonds. The van der Waals surface area contributed by atoms with Crippen LogP contribution in [0.1, 0.15) is 31.7 Å². The van der Waals surface area contributed by atoms with Crippen LogP contribution in [0.3, 0.4) is 0 Å². The molecule has 2 N–H and O–H groups in total. The number of sulfonamides is 1. The molecular weight excluding hydrogens is 472 g/mol. The second kappa shape index (κ2) is 12.4. The summed E-state index contributed by atoms with van der Waals surface area (Å²) in [5.41, 5.74) is 1.82. The summed E-state index contributed by atoms with van der Waals surface area (Å²) in [4.78, 5) is 21.2. The van der Waals surface area contributed by atoms with E-state index in [-0.39, 0.29) is 28.3 Å². The number of unbranched alkanes of at least 4 members (excludes halogenated alkanes) is 2. The Kier molecular flexibility index (Phi) is 9.29. The first kappa shape index (κ1) is 25.5. The molecule has 1 aromatic heterocycles. The van der Waals surface area contributed by atoms with Crippen molar-refractivity contribution in [2.24, 2.45) is 0 Å². The Balaban J connectivity index is 1.51. The molecule has 0 spiro atoms. The van der Waals surface area contributed by atoms with Crippen LogP contribution in [0.2, 0.25) is 0 Å². The maximum atomic E-state index is 12.6. The molecular formula is C24H28N4O4S2. The van der Waals surface area contributed by atoms with Crippen LogP contribution in [0.4, 0.5) is 11.5 Å². The van der Waals surface area contributed by atoms with Gasteiger partial charge in [0.15, 0.2) is 5.82 Å². The highest BCUT2D eigenvalue weighted by molar-refractivity contribution is 8.00. The van der Waals surface area contributed by atoms with E-state index in [0.717, 1.165) is 11.3 Å². The van der Waals surface area contributed by atoms with Crippen molar-refractivity contribution in [1.29, 1.82) is 0 Å². The minimum Gasteiger partial charge on any atom is -0.480 e. The molecule has 1 heterocycles. The second-order valence-corrected chi connectivity index (χ2v) is 10.2. The standard InChI is InChI=1S/C24H28N4O4S2/c1-3-4-5-6-18-7-11-20(12-8-18)33-17-23(29)26-19-9-13-21(14-10-19)34(30,31)28-22-15-25-16-24(27-22)32-2/h7-16H,3-6,17H2,1-2H3,(H,26,29)(H,27,28). The molecule has 180 valence electrons. The van der Waals surface area contributed by atoms with Gasteiger partial charge in [0.2, 0.25) is 11.8 Å². The molecule has 10 heteroatoms. The van der Waals surface area contributed by atoms with Gasteiger partial charge in [-0.25, -0.2) is 8.42 Å². The number of methoxy groups -OCH3 is 1. The van der Waals surface area contributed by atoms with Gasteiger partial charge in [-0.2, -0.15) is 4.98 Å². The maximum Gasteiger partial charge on any atom is 0.263 e. The lowest BCUT2D eigenvalue weighted by Crippen LogP contribution is -2.16. The molecule has 0 saturated heterocycles. The number of carbonyl (C=O) groups excluding carboxylic acids is 1. The number of rotatable bonds is 12. The Morgan fingerprint density at radius 1 is 1.03 bits per heavy atom. The van der Waals surface area contributed by atoms with Crippen molar-refractivity contribution < 1.29 is 17.9 Å². The van der Waals surface area contributed by atoms with E-state index in [2.05, 4.69) is 39.1 Å². The molecule has 0 saturated carbocycles. The predicted molar refractivity (Wildman–Crippen MR) is 135 cm³/mol. The normalized spacial score (nSPS) is 11.1. The zero-order valence-electron chi connectivity index (χ0n) is 19.2. The molecule has 0 aliphatic rings. The number of carbonyl (C=O) groups is 1. The number of amides is 1. The maximum absolute atomic E-state index is 12.6. The fourth-order valence-electron chi connectivity index (χ4n) is 3.09. The molecule has 3 rings (SSSR count). The van der Waals surface area contributed by atoms with Crippen molar-refractivity contribution in [3.05, 3.63) is 66.5 Å². The Morgan fingerprint density at radius 3 is 2.44 bits per heavy atom. The summed E-state index contributed by atoms with van der Waals surface area (Å²) in [5, 5.41) is 2.79. The predicted octanol–water partition coefficient (Wildman–Crippen LogP) is 4.75. The molecule has 8 nitrogen and oxygen atoms in total. The monoisotopic (exact) mass is 500 g/mol. The van der Waals surface area contributed by atoms with Gasteiger partial charge in [-0.1, -0.05) is 31.9 Å². The van der Waals surface area contributed by atoms with Crippen LogP contribution in [0.25, 0.3) is 0 Å². The number of anilines is 2. The van der Waals surface area contributed by atoms with Crippen LogP contribution in [-0.4, -0.2) is 37.2 Å². The number of hydrogen-bond donors (Lipinski definition) is 2. The van der Waals surface area contributed by atoms with Crippen LogP contribution in [0, 0.1) is 0 Å². The zero-order valence-corrected chi connectivity index (χ0v) is 20.8. The van der Waals surface area contributed by atoms with Gasteiger partial charge in [0.25, 0.3) is 10.0 Å². The Hall–Kier alpha value is -3.11. The molecule has 2 aromatic carbocycles. The van der Waals surface area contributed by atoms with Gasteiger partial charge >= 0.3 is 0 Å². The molecule has 34 heavy (non-hydrogen) atoms. The van der Waals surface area contributed by atoms with E-state index in [4.69, 9.17) is 4.74 Å². The molecule has 0 aliphatic carbocycles. The van der Waals surface area contributed by atoms with Crippen LogP contribution >= 0.6 is 11.8 Å².